The van der Waals surface area contributed by atoms with Crippen LogP contribution in [-0.4, -0.2) is 60.5 Å². The highest BCUT2D eigenvalue weighted by molar-refractivity contribution is 5.77. The van der Waals surface area contributed by atoms with Crippen LogP contribution in [0.1, 0.15) is 32.1 Å². The summed E-state index contributed by atoms with van der Waals surface area (Å²) in [6.07, 6.45) is 5.67. The number of amides is 3. The molecular formula is C13H24N4O2. The van der Waals surface area contributed by atoms with Crippen LogP contribution in [0, 0.1) is 0 Å². The highest BCUT2D eigenvalue weighted by atomic mass is 16.2. The number of hydrogen-bond donors (Lipinski definition) is 2. The zero-order valence-electron chi connectivity index (χ0n) is 11.4. The average molecular weight is 268 g/mol. The molecule has 3 N–H and O–H groups in total. The van der Waals surface area contributed by atoms with E-state index in [0.717, 1.165) is 32.2 Å². The van der Waals surface area contributed by atoms with Crippen molar-refractivity contribution in [1.29, 1.82) is 0 Å². The van der Waals surface area contributed by atoms with E-state index in [1.54, 1.807) is 0 Å². The van der Waals surface area contributed by atoms with Crippen LogP contribution in [0.3, 0.4) is 0 Å². The van der Waals surface area contributed by atoms with E-state index < -0.39 is 6.03 Å². The van der Waals surface area contributed by atoms with E-state index in [1.807, 2.05) is 4.90 Å². The van der Waals surface area contributed by atoms with E-state index in [1.165, 1.54) is 25.7 Å². The zero-order chi connectivity index (χ0) is 13.7. The van der Waals surface area contributed by atoms with Crippen LogP contribution in [-0.2, 0) is 4.79 Å². The highest BCUT2D eigenvalue weighted by Crippen LogP contribution is 2.24. The van der Waals surface area contributed by atoms with Gasteiger partial charge in [0.1, 0.15) is 0 Å². The Morgan fingerprint density at radius 1 is 1.11 bits per heavy atom. The van der Waals surface area contributed by atoms with Gasteiger partial charge in [-0.15, -0.1) is 0 Å². The van der Waals surface area contributed by atoms with Crippen LogP contribution in [0.25, 0.3) is 0 Å². The molecule has 3 amide bonds. The van der Waals surface area contributed by atoms with Crippen LogP contribution < -0.4 is 11.1 Å². The summed E-state index contributed by atoms with van der Waals surface area (Å²) in [5, 5.41) is 2.45. The molecule has 108 valence electrons. The molecule has 0 aromatic rings. The maximum atomic E-state index is 11.9. The lowest BCUT2D eigenvalue weighted by atomic mass is 10.1. The second-order valence-corrected chi connectivity index (χ2v) is 5.40. The van der Waals surface area contributed by atoms with E-state index >= 15 is 0 Å². The van der Waals surface area contributed by atoms with Crippen LogP contribution in [0.5, 0.6) is 0 Å². The molecule has 0 aromatic carbocycles. The smallest absolute Gasteiger partial charge is 0.312 e. The van der Waals surface area contributed by atoms with Crippen molar-refractivity contribution in [1.82, 2.24) is 15.1 Å². The number of nitrogens with two attached hydrogens (primary N) is 1. The van der Waals surface area contributed by atoms with Gasteiger partial charge in [0.2, 0.25) is 5.91 Å². The lowest BCUT2D eigenvalue weighted by Gasteiger charge is -2.38. The fourth-order valence-corrected chi connectivity index (χ4v) is 3.06. The van der Waals surface area contributed by atoms with Crippen molar-refractivity contribution in [2.45, 2.75) is 38.1 Å². The van der Waals surface area contributed by atoms with Crippen molar-refractivity contribution in [3.63, 3.8) is 0 Å². The van der Waals surface area contributed by atoms with Gasteiger partial charge in [-0.25, -0.2) is 4.79 Å². The number of nitrogens with zero attached hydrogens (tertiary/aromatic N) is 2. The molecule has 0 spiro atoms. The van der Waals surface area contributed by atoms with Crippen molar-refractivity contribution < 1.29 is 9.59 Å². The molecule has 6 nitrogen and oxygen atoms in total. The summed E-state index contributed by atoms with van der Waals surface area (Å²) in [7, 11) is 0. The number of nitrogens with one attached hydrogen (secondary N) is 1. The SMILES string of the molecule is NC(=O)NCCC(=O)N1CCN(C2CCCC2)CC1. The van der Waals surface area contributed by atoms with Crippen molar-refractivity contribution in [3.05, 3.63) is 0 Å². The monoisotopic (exact) mass is 268 g/mol. The van der Waals surface area contributed by atoms with Crippen LogP contribution in [0.15, 0.2) is 0 Å². The molecule has 1 heterocycles. The summed E-state index contributed by atoms with van der Waals surface area (Å²) in [5.74, 6) is 0.111. The number of rotatable bonds is 4. The summed E-state index contributed by atoms with van der Waals surface area (Å²) in [5.41, 5.74) is 4.96. The third-order valence-electron chi connectivity index (χ3n) is 4.15. The molecule has 0 bridgehead atoms. The normalized spacial score (nSPS) is 21.6. The number of carbonyl (C=O) groups excluding carboxylic acids is 2. The Labute approximate surface area is 114 Å². The minimum Gasteiger partial charge on any atom is -0.352 e. The molecule has 2 rings (SSSR count). The van der Waals surface area contributed by atoms with Gasteiger partial charge in [0.15, 0.2) is 0 Å². The summed E-state index contributed by atoms with van der Waals surface area (Å²) >= 11 is 0. The fourth-order valence-electron chi connectivity index (χ4n) is 3.06. The highest BCUT2D eigenvalue weighted by Gasteiger charge is 2.27. The topological polar surface area (TPSA) is 78.7 Å². The van der Waals surface area contributed by atoms with Crippen molar-refractivity contribution in [3.8, 4) is 0 Å². The quantitative estimate of drug-likeness (QED) is 0.761. The Balaban J connectivity index is 1.67. The first-order valence-electron chi connectivity index (χ1n) is 7.22. The maximum absolute atomic E-state index is 11.9. The van der Waals surface area contributed by atoms with E-state index in [4.69, 9.17) is 5.73 Å². The third-order valence-corrected chi connectivity index (χ3v) is 4.15. The molecular weight excluding hydrogens is 244 g/mol. The Kier molecular flexibility index (Phi) is 5.01. The van der Waals surface area contributed by atoms with Gasteiger partial charge in [-0.1, -0.05) is 12.8 Å². The summed E-state index contributed by atoms with van der Waals surface area (Å²) in [6.45, 7) is 3.92. The van der Waals surface area contributed by atoms with Gasteiger partial charge in [0.05, 0.1) is 0 Å². The van der Waals surface area contributed by atoms with Crippen LogP contribution in [0.4, 0.5) is 4.79 Å². The standard InChI is InChI=1S/C13H24N4O2/c14-13(19)15-6-5-12(18)17-9-7-16(8-10-17)11-3-1-2-4-11/h11H,1-10H2,(H3,14,15,19). The number of hydrogen-bond acceptors (Lipinski definition) is 3. The molecule has 0 atom stereocenters. The molecule has 1 saturated heterocycles. The Morgan fingerprint density at radius 3 is 2.32 bits per heavy atom. The van der Waals surface area contributed by atoms with Gasteiger partial charge in [-0.3, -0.25) is 9.69 Å². The van der Waals surface area contributed by atoms with Crippen molar-refractivity contribution in [2.75, 3.05) is 32.7 Å². The first-order valence-corrected chi connectivity index (χ1v) is 7.22. The molecule has 1 aliphatic carbocycles. The minimum absolute atomic E-state index is 0.111. The molecule has 1 aliphatic heterocycles. The third kappa shape index (κ3) is 4.09. The average Bonchev–Trinajstić information content (AvgIpc) is 2.92. The van der Waals surface area contributed by atoms with Gasteiger partial charge in [0, 0.05) is 45.2 Å². The van der Waals surface area contributed by atoms with Crippen LogP contribution in [0.2, 0.25) is 0 Å². The second-order valence-electron chi connectivity index (χ2n) is 5.40. The predicted octanol–water partition coefficient (Wildman–Crippen LogP) is 0.132. The minimum atomic E-state index is -0.571. The second kappa shape index (κ2) is 6.75. The number of piperazine rings is 1. The molecule has 0 unspecified atom stereocenters. The zero-order valence-corrected chi connectivity index (χ0v) is 11.4. The van der Waals surface area contributed by atoms with Gasteiger partial charge in [0.25, 0.3) is 0 Å². The van der Waals surface area contributed by atoms with Crippen LogP contribution >= 0.6 is 0 Å². The van der Waals surface area contributed by atoms with Gasteiger partial charge < -0.3 is 16.0 Å². The lowest BCUT2D eigenvalue weighted by Crippen LogP contribution is -2.51. The fraction of sp³-hybridized carbons (Fsp3) is 0.846. The van der Waals surface area contributed by atoms with Crippen molar-refractivity contribution in [2.24, 2.45) is 5.73 Å². The first kappa shape index (κ1) is 14.1. The van der Waals surface area contributed by atoms with E-state index in [9.17, 15) is 9.59 Å². The number of urea groups is 1. The van der Waals surface area contributed by atoms with Crippen molar-refractivity contribution >= 4 is 11.9 Å². The molecule has 6 heteroatoms. The molecule has 1 saturated carbocycles. The summed E-state index contributed by atoms with van der Waals surface area (Å²) in [4.78, 5) is 26.9. The van der Waals surface area contributed by atoms with E-state index in [-0.39, 0.29) is 5.91 Å². The number of carbonyl (C=O) groups is 2. The molecule has 2 fully saturated rings. The lowest BCUT2D eigenvalue weighted by molar-refractivity contribution is -0.133. The molecule has 2 aliphatic rings. The van der Waals surface area contributed by atoms with Gasteiger partial charge >= 0.3 is 6.03 Å². The largest absolute Gasteiger partial charge is 0.352 e. The van der Waals surface area contributed by atoms with E-state index in [2.05, 4.69) is 10.2 Å². The van der Waals surface area contributed by atoms with E-state index in [0.29, 0.717) is 13.0 Å². The summed E-state index contributed by atoms with van der Waals surface area (Å²) in [6, 6.07) is 0.174. The molecule has 0 radical (unpaired) electrons. The molecule has 19 heavy (non-hydrogen) atoms. The predicted molar refractivity (Wildman–Crippen MR) is 72.6 cm³/mol. The Hall–Kier alpha value is -1.30. The molecule has 0 aromatic heterocycles. The number of primary amides is 1. The Morgan fingerprint density at radius 2 is 1.74 bits per heavy atom. The van der Waals surface area contributed by atoms with Gasteiger partial charge in [-0.2, -0.15) is 0 Å². The van der Waals surface area contributed by atoms with Gasteiger partial charge in [-0.05, 0) is 12.8 Å². The first-order chi connectivity index (χ1) is 9.16. The maximum Gasteiger partial charge on any atom is 0.312 e. The summed E-state index contributed by atoms with van der Waals surface area (Å²) < 4.78 is 0. The Bertz CT molecular complexity index is 321.